The first-order chi connectivity index (χ1) is 7.77. The predicted molar refractivity (Wildman–Crippen MR) is 63.0 cm³/mol. The standard InChI is InChI=1S/C12H19N3O/c1-2-10(5-6-13)3-4-12(16)11-9-14-7-8-15-11/h7-10H,2-6,13H2,1H3. The fourth-order valence-corrected chi connectivity index (χ4v) is 1.69. The number of hydrogen-bond donors (Lipinski definition) is 1. The van der Waals surface area contributed by atoms with Crippen LogP contribution in [0.2, 0.25) is 0 Å². The predicted octanol–water partition coefficient (Wildman–Crippen LogP) is 1.81. The molecule has 1 atom stereocenters. The van der Waals surface area contributed by atoms with Crippen molar-refractivity contribution in [1.82, 2.24) is 9.97 Å². The molecule has 88 valence electrons. The normalized spacial score (nSPS) is 12.4. The van der Waals surface area contributed by atoms with Crippen LogP contribution < -0.4 is 5.73 Å². The first kappa shape index (κ1) is 12.8. The number of rotatable bonds is 7. The van der Waals surface area contributed by atoms with Crippen molar-refractivity contribution in [2.45, 2.75) is 32.6 Å². The van der Waals surface area contributed by atoms with Gasteiger partial charge in [-0.1, -0.05) is 13.3 Å². The van der Waals surface area contributed by atoms with Crippen LogP contribution in [0.1, 0.15) is 43.1 Å². The number of carbonyl (C=O) groups excluding carboxylic acids is 1. The summed E-state index contributed by atoms with van der Waals surface area (Å²) in [7, 11) is 0. The molecule has 0 saturated heterocycles. The quantitative estimate of drug-likeness (QED) is 0.713. The van der Waals surface area contributed by atoms with E-state index in [1.54, 1.807) is 12.4 Å². The highest BCUT2D eigenvalue weighted by Crippen LogP contribution is 2.15. The summed E-state index contributed by atoms with van der Waals surface area (Å²) >= 11 is 0. The summed E-state index contributed by atoms with van der Waals surface area (Å²) in [4.78, 5) is 19.6. The van der Waals surface area contributed by atoms with E-state index in [0.29, 0.717) is 24.6 Å². The maximum atomic E-state index is 11.7. The summed E-state index contributed by atoms with van der Waals surface area (Å²) in [5, 5.41) is 0. The number of nitrogens with zero attached hydrogens (tertiary/aromatic N) is 2. The molecule has 16 heavy (non-hydrogen) atoms. The second-order valence-electron chi connectivity index (χ2n) is 3.90. The lowest BCUT2D eigenvalue weighted by molar-refractivity contribution is 0.0967. The summed E-state index contributed by atoms with van der Waals surface area (Å²) in [5.41, 5.74) is 5.98. The van der Waals surface area contributed by atoms with Crippen molar-refractivity contribution in [2.75, 3.05) is 6.54 Å². The Labute approximate surface area is 96.3 Å². The smallest absolute Gasteiger partial charge is 0.182 e. The van der Waals surface area contributed by atoms with Gasteiger partial charge >= 0.3 is 0 Å². The lowest BCUT2D eigenvalue weighted by atomic mass is 9.95. The van der Waals surface area contributed by atoms with Gasteiger partial charge in [0.15, 0.2) is 5.78 Å². The van der Waals surface area contributed by atoms with E-state index in [0.717, 1.165) is 19.3 Å². The molecule has 1 rings (SSSR count). The molecule has 0 amide bonds. The summed E-state index contributed by atoms with van der Waals surface area (Å²) < 4.78 is 0. The van der Waals surface area contributed by atoms with Crippen LogP contribution in [-0.4, -0.2) is 22.3 Å². The number of ketones is 1. The minimum atomic E-state index is 0.0728. The minimum Gasteiger partial charge on any atom is -0.330 e. The van der Waals surface area contributed by atoms with E-state index in [2.05, 4.69) is 16.9 Å². The molecule has 0 fully saturated rings. The van der Waals surface area contributed by atoms with E-state index in [1.165, 1.54) is 6.20 Å². The zero-order valence-electron chi connectivity index (χ0n) is 9.72. The Morgan fingerprint density at radius 2 is 2.25 bits per heavy atom. The third-order valence-corrected chi connectivity index (χ3v) is 2.78. The van der Waals surface area contributed by atoms with Gasteiger partial charge in [-0.25, -0.2) is 4.98 Å². The Kier molecular flexibility index (Phi) is 5.64. The molecule has 0 saturated carbocycles. The monoisotopic (exact) mass is 221 g/mol. The third-order valence-electron chi connectivity index (χ3n) is 2.78. The van der Waals surface area contributed by atoms with Crippen LogP contribution in [0, 0.1) is 5.92 Å². The van der Waals surface area contributed by atoms with Crippen molar-refractivity contribution in [3.05, 3.63) is 24.3 Å². The molecule has 0 aliphatic carbocycles. The van der Waals surface area contributed by atoms with Crippen LogP contribution in [0.15, 0.2) is 18.6 Å². The van der Waals surface area contributed by atoms with Gasteiger partial charge in [0.2, 0.25) is 0 Å². The fourth-order valence-electron chi connectivity index (χ4n) is 1.69. The average Bonchev–Trinajstić information content (AvgIpc) is 2.35. The molecule has 0 spiro atoms. The zero-order chi connectivity index (χ0) is 11.8. The van der Waals surface area contributed by atoms with Crippen molar-refractivity contribution in [3.63, 3.8) is 0 Å². The van der Waals surface area contributed by atoms with Crippen molar-refractivity contribution in [3.8, 4) is 0 Å². The first-order valence-corrected chi connectivity index (χ1v) is 5.77. The van der Waals surface area contributed by atoms with E-state index >= 15 is 0 Å². The molecule has 0 radical (unpaired) electrons. The Hall–Kier alpha value is -1.29. The van der Waals surface area contributed by atoms with E-state index < -0.39 is 0 Å². The van der Waals surface area contributed by atoms with Crippen molar-refractivity contribution >= 4 is 5.78 Å². The van der Waals surface area contributed by atoms with Gasteiger partial charge in [-0.15, -0.1) is 0 Å². The van der Waals surface area contributed by atoms with Gasteiger partial charge in [-0.2, -0.15) is 0 Å². The molecule has 0 aromatic carbocycles. The van der Waals surface area contributed by atoms with Gasteiger partial charge in [0.25, 0.3) is 0 Å². The minimum absolute atomic E-state index is 0.0728. The Balaban J connectivity index is 2.40. The van der Waals surface area contributed by atoms with Gasteiger partial charge in [0.05, 0.1) is 6.20 Å². The van der Waals surface area contributed by atoms with Gasteiger partial charge in [0, 0.05) is 18.8 Å². The Bertz CT molecular complexity index is 313. The summed E-state index contributed by atoms with van der Waals surface area (Å²) in [5.74, 6) is 0.620. The number of carbonyl (C=O) groups is 1. The van der Waals surface area contributed by atoms with Crippen molar-refractivity contribution in [2.24, 2.45) is 11.7 Å². The second kappa shape index (κ2) is 7.06. The topological polar surface area (TPSA) is 68.9 Å². The molecule has 0 aliphatic heterocycles. The second-order valence-corrected chi connectivity index (χ2v) is 3.90. The van der Waals surface area contributed by atoms with Crippen molar-refractivity contribution in [1.29, 1.82) is 0 Å². The number of hydrogen-bond acceptors (Lipinski definition) is 4. The summed E-state index contributed by atoms with van der Waals surface area (Å²) in [6, 6.07) is 0. The highest BCUT2D eigenvalue weighted by atomic mass is 16.1. The van der Waals surface area contributed by atoms with Crippen LogP contribution in [0.3, 0.4) is 0 Å². The maximum Gasteiger partial charge on any atom is 0.182 e. The molecule has 1 heterocycles. The molecule has 4 nitrogen and oxygen atoms in total. The van der Waals surface area contributed by atoms with Gasteiger partial charge < -0.3 is 5.73 Å². The third kappa shape index (κ3) is 4.06. The lowest BCUT2D eigenvalue weighted by Gasteiger charge is -2.12. The summed E-state index contributed by atoms with van der Waals surface area (Å²) in [6.45, 7) is 2.82. The Morgan fingerprint density at radius 1 is 1.44 bits per heavy atom. The molecule has 0 aliphatic rings. The highest BCUT2D eigenvalue weighted by Gasteiger charge is 2.11. The van der Waals surface area contributed by atoms with Crippen molar-refractivity contribution < 1.29 is 4.79 Å². The number of Topliss-reactive ketones (excluding diaryl/α,β-unsaturated/α-hetero) is 1. The molecule has 4 heteroatoms. The lowest BCUT2D eigenvalue weighted by Crippen LogP contribution is -2.11. The molecule has 1 aromatic rings. The van der Waals surface area contributed by atoms with Gasteiger partial charge in [-0.3, -0.25) is 9.78 Å². The number of aromatic nitrogens is 2. The molecular formula is C12H19N3O. The fraction of sp³-hybridized carbons (Fsp3) is 0.583. The van der Waals surface area contributed by atoms with E-state index in [-0.39, 0.29) is 5.78 Å². The van der Waals surface area contributed by atoms with Gasteiger partial charge in [0.1, 0.15) is 5.69 Å². The van der Waals surface area contributed by atoms with E-state index in [4.69, 9.17) is 5.73 Å². The van der Waals surface area contributed by atoms with Crippen LogP contribution in [0.5, 0.6) is 0 Å². The largest absolute Gasteiger partial charge is 0.330 e. The molecule has 0 bridgehead atoms. The first-order valence-electron chi connectivity index (χ1n) is 5.77. The molecular weight excluding hydrogens is 202 g/mol. The Morgan fingerprint density at radius 3 is 2.81 bits per heavy atom. The molecule has 1 aromatic heterocycles. The maximum absolute atomic E-state index is 11.7. The van der Waals surface area contributed by atoms with Crippen LogP contribution in [0.25, 0.3) is 0 Å². The number of nitrogens with two attached hydrogens (primary N) is 1. The van der Waals surface area contributed by atoms with E-state index in [1.807, 2.05) is 0 Å². The van der Waals surface area contributed by atoms with E-state index in [9.17, 15) is 4.79 Å². The van der Waals surface area contributed by atoms with Crippen LogP contribution >= 0.6 is 0 Å². The average molecular weight is 221 g/mol. The molecule has 2 N–H and O–H groups in total. The van der Waals surface area contributed by atoms with Crippen LogP contribution in [0.4, 0.5) is 0 Å². The highest BCUT2D eigenvalue weighted by molar-refractivity contribution is 5.93. The van der Waals surface area contributed by atoms with Crippen LogP contribution in [-0.2, 0) is 0 Å². The van der Waals surface area contributed by atoms with Gasteiger partial charge in [-0.05, 0) is 25.3 Å². The zero-order valence-corrected chi connectivity index (χ0v) is 9.72. The molecule has 1 unspecified atom stereocenters. The SMILES string of the molecule is CCC(CCN)CCC(=O)c1cnccn1. The summed E-state index contributed by atoms with van der Waals surface area (Å²) in [6.07, 6.45) is 8.13.